The topological polar surface area (TPSA) is 72.5 Å². The van der Waals surface area contributed by atoms with Crippen molar-refractivity contribution in [3.8, 4) is 0 Å². The number of esters is 1. The first-order chi connectivity index (χ1) is 10.2. The van der Waals surface area contributed by atoms with E-state index in [2.05, 4.69) is 4.74 Å². The first kappa shape index (κ1) is 17.7. The number of halogens is 3. The van der Waals surface area contributed by atoms with Gasteiger partial charge in [-0.25, -0.2) is 13.2 Å². The van der Waals surface area contributed by atoms with Crippen LogP contribution in [0.15, 0.2) is 0 Å². The molecule has 0 saturated heterocycles. The van der Waals surface area contributed by atoms with E-state index in [0.29, 0.717) is 0 Å². The predicted octanol–water partition coefficient (Wildman–Crippen LogP) is 2.51. The average Bonchev–Trinajstić information content (AvgIpc) is 2.42. The molecule has 0 atom stereocenters. The largest absolute Gasteiger partial charge is 0.466 e. The number of ether oxygens (including phenoxy) is 1. The van der Waals surface area contributed by atoms with Gasteiger partial charge in [-0.15, -0.1) is 0 Å². The number of Topliss-reactive ketones (excluding diaryl/α,β-unsaturated/α-hetero) is 1. The summed E-state index contributed by atoms with van der Waals surface area (Å²) in [5.74, 6) is -7.32. The van der Waals surface area contributed by atoms with E-state index in [1.54, 1.807) is 0 Å². The van der Waals surface area contributed by atoms with Gasteiger partial charge in [-0.1, -0.05) is 0 Å². The summed E-state index contributed by atoms with van der Waals surface area (Å²) in [6, 6.07) is 0. The lowest BCUT2D eigenvalue weighted by atomic mass is 10.0. The number of carbonyl (C=O) groups is 3. The molecule has 1 N–H and O–H groups in total. The predicted molar refractivity (Wildman–Crippen MR) is 70.9 cm³/mol. The third-order valence-electron chi connectivity index (χ3n) is 2.73. The summed E-state index contributed by atoms with van der Waals surface area (Å²) in [6.45, 7) is 3.43. The second-order valence-electron chi connectivity index (χ2n) is 4.40. The Morgan fingerprint density at radius 3 is 2.18 bits per heavy atom. The monoisotopic (exact) mass is 317 g/mol. The standard InChI is InChI=1S/C14H14F3NO4/c1-4-22-9(21)5-8(20)10-11(15)6(2)12(16)13(17)14(10)18-7(3)19/h4-5H2,1-3H3,(H,18,19). The highest BCUT2D eigenvalue weighted by atomic mass is 19.2. The van der Waals surface area contributed by atoms with Gasteiger partial charge >= 0.3 is 5.97 Å². The number of hydrogen-bond donors (Lipinski definition) is 1. The maximum atomic E-state index is 14.1. The summed E-state index contributed by atoms with van der Waals surface area (Å²) >= 11 is 0. The Bertz CT molecular complexity index is 644. The first-order valence-electron chi connectivity index (χ1n) is 6.34. The number of amides is 1. The fourth-order valence-corrected chi connectivity index (χ4v) is 1.76. The second kappa shape index (κ2) is 7.06. The minimum atomic E-state index is -1.57. The molecule has 0 saturated carbocycles. The van der Waals surface area contributed by atoms with E-state index < -0.39 is 58.3 Å². The quantitative estimate of drug-likeness (QED) is 0.392. The molecule has 0 aromatic heterocycles. The minimum absolute atomic E-state index is 0.00392. The number of benzene rings is 1. The summed E-state index contributed by atoms with van der Waals surface area (Å²) < 4.78 is 46.1. The molecule has 1 aromatic rings. The molecule has 1 rings (SSSR count). The van der Waals surface area contributed by atoms with Gasteiger partial charge in [0.1, 0.15) is 12.2 Å². The molecule has 1 aromatic carbocycles. The molecule has 8 heteroatoms. The molecule has 0 spiro atoms. The Kier molecular flexibility index (Phi) is 5.67. The van der Waals surface area contributed by atoms with E-state index >= 15 is 0 Å². The molecular formula is C14H14F3NO4. The van der Waals surface area contributed by atoms with E-state index in [-0.39, 0.29) is 6.61 Å². The normalized spacial score (nSPS) is 10.3. The Morgan fingerprint density at radius 2 is 1.68 bits per heavy atom. The number of ketones is 1. The van der Waals surface area contributed by atoms with Crippen molar-refractivity contribution in [2.75, 3.05) is 11.9 Å². The van der Waals surface area contributed by atoms with Gasteiger partial charge in [0.25, 0.3) is 0 Å². The lowest BCUT2D eigenvalue weighted by Gasteiger charge is -2.14. The molecule has 0 radical (unpaired) electrons. The maximum absolute atomic E-state index is 14.1. The molecule has 1 amide bonds. The molecule has 0 heterocycles. The lowest BCUT2D eigenvalue weighted by molar-refractivity contribution is -0.142. The molecule has 0 bridgehead atoms. The number of carbonyl (C=O) groups excluding carboxylic acids is 3. The van der Waals surface area contributed by atoms with Crippen LogP contribution in [0.3, 0.4) is 0 Å². The third kappa shape index (κ3) is 3.63. The lowest BCUT2D eigenvalue weighted by Crippen LogP contribution is -2.19. The molecule has 120 valence electrons. The zero-order valence-electron chi connectivity index (χ0n) is 12.2. The zero-order valence-corrected chi connectivity index (χ0v) is 12.2. The summed E-state index contributed by atoms with van der Waals surface area (Å²) in [5, 5.41) is 1.87. The molecule has 0 unspecified atom stereocenters. The highest BCUT2D eigenvalue weighted by molar-refractivity contribution is 6.11. The van der Waals surface area contributed by atoms with E-state index in [0.717, 1.165) is 13.8 Å². The van der Waals surface area contributed by atoms with Gasteiger partial charge in [0.2, 0.25) is 5.91 Å². The van der Waals surface area contributed by atoms with Crippen molar-refractivity contribution in [3.05, 3.63) is 28.6 Å². The maximum Gasteiger partial charge on any atom is 0.313 e. The van der Waals surface area contributed by atoms with E-state index in [1.165, 1.54) is 6.92 Å². The first-order valence-corrected chi connectivity index (χ1v) is 6.34. The van der Waals surface area contributed by atoms with Crippen LogP contribution in [0.4, 0.5) is 18.9 Å². The fraction of sp³-hybridized carbons (Fsp3) is 0.357. The summed E-state index contributed by atoms with van der Waals surface area (Å²) in [5.41, 5.74) is -2.54. The van der Waals surface area contributed by atoms with Gasteiger partial charge in [-0.05, 0) is 13.8 Å². The van der Waals surface area contributed by atoms with Gasteiger partial charge < -0.3 is 10.1 Å². The van der Waals surface area contributed by atoms with Crippen molar-refractivity contribution >= 4 is 23.3 Å². The number of nitrogens with one attached hydrogen (secondary N) is 1. The van der Waals surface area contributed by atoms with Crippen LogP contribution in [0.2, 0.25) is 0 Å². The van der Waals surface area contributed by atoms with Crippen LogP contribution < -0.4 is 5.32 Å². The van der Waals surface area contributed by atoms with Crippen molar-refractivity contribution in [1.82, 2.24) is 0 Å². The zero-order chi connectivity index (χ0) is 17.0. The van der Waals surface area contributed by atoms with E-state index in [1.807, 2.05) is 5.32 Å². The van der Waals surface area contributed by atoms with Gasteiger partial charge in [0, 0.05) is 12.5 Å². The average molecular weight is 317 g/mol. The highest BCUT2D eigenvalue weighted by Gasteiger charge is 2.28. The number of rotatable bonds is 5. The van der Waals surface area contributed by atoms with E-state index in [9.17, 15) is 27.6 Å². The Labute approximate surface area is 124 Å². The van der Waals surface area contributed by atoms with Crippen molar-refractivity contribution in [2.45, 2.75) is 27.2 Å². The van der Waals surface area contributed by atoms with E-state index in [4.69, 9.17) is 0 Å². The smallest absolute Gasteiger partial charge is 0.313 e. The van der Waals surface area contributed by atoms with Crippen LogP contribution in [0.5, 0.6) is 0 Å². The second-order valence-corrected chi connectivity index (χ2v) is 4.40. The Balaban J connectivity index is 3.40. The van der Waals surface area contributed by atoms with Crippen molar-refractivity contribution in [1.29, 1.82) is 0 Å². The van der Waals surface area contributed by atoms with Crippen LogP contribution in [0, 0.1) is 24.4 Å². The number of hydrogen-bond acceptors (Lipinski definition) is 4. The summed E-state index contributed by atoms with van der Waals surface area (Å²) in [6.07, 6.45) is -0.859. The van der Waals surface area contributed by atoms with Gasteiger partial charge in [0.05, 0.1) is 17.9 Å². The minimum Gasteiger partial charge on any atom is -0.466 e. The molecular weight excluding hydrogens is 303 g/mol. The molecule has 0 aliphatic rings. The van der Waals surface area contributed by atoms with Crippen LogP contribution in [-0.4, -0.2) is 24.3 Å². The highest BCUT2D eigenvalue weighted by Crippen LogP contribution is 2.30. The van der Waals surface area contributed by atoms with Gasteiger partial charge in [0.15, 0.2) is 17.4 Å². The molecule has 0 fully saturated rings. The van der Waals surface area contributed by atoms with Crippen LogP contribution in [0.25, 0.3) is 0 Å². The third-order valence-corrected chi connectivity index (χ3v) is 2.73. The Hall–Kier alpha value is -2.38. The van der Waals surface area contributed by atoms with Crippen LogP contribution in [-0.2, 0) is 14.3 Å². The molecule has 22 heavy (non-hydrogen) atoms. The van der Waals surface area contributed by atoms with Crippen LogP contribution in [0.1, 0.15) is 36.2 Å². The molecule has 5 nitrogen and oxygen atoms in total. The van der Waals surface area contributed by atoms with Crippen LogP contribution >= 0.6 is 0 Å². The number of anilines is 1. The fourth-order valence-electron chi connectivity index (χ4n) is 1.76. The molecule has 0 aliphatic heterocycles. The molecule has 0 aliphatic carbocycles. The Morgan fingerprint density at radius 1 is 1.09 bits per heavy atom. The van der Waals surface area contributed by atoms with Crippen molar-refractivity contribution in [2.24, 2.45) is 0 Å². The van der Waals surface area contributed by atoms with Gasteiger partial charge in [-0.2, -0.15) is 0 Å². The summed E-state index contributed by atoms with van der Waals surface area (Å²) in [4.78, 5) is 34.3. The SMILES string of the molecule is CCOC(=O)CC(=O)c1c(F)c(C)c(F)c(F)c1NC(C)=O. The van der Waals surface area contributed by atoms with Crippen molar-refractivity contribution in [3.63, 3.8) is 0 Å². The summed E-state index contributed by atoms with van der Waals surface area (Å²) in [7, 11) is 0. The van der Waals surface area contributed by atoms with Gasteiger partial charge in [-0.3, -0.25) is 14.4 Å². The van der Waals surface area contributed by atoms with Crippen molar-refractivity contribution < 1.29 is 32.3 Å².